The van der Waals surface area contributed by atoms with Crippen molar-refractivity contribution in [3.8, 4) is 0 Å². The van der Waals surface area contributed by atoms with Gasteiger partial charge in [-0.25, -0.2) is 0 Å². The predicted octanol–water partition coefficient (Wildman–Crippen LogP) is 2.88. The first-order valence-corrected chi connectivity index (χ1v) is 6.13. The molecule has 0 saturated carbocycles. The lowest BCUT2D eigenvalue weighted by Gasteiger charge is -2.16. The number of carbonyl (C=O) groups is 1. The smallest absolute Gasteiger partial charge is 0.293 e. The van der Waals surface area contributed by atoms with E-state index >= 15 is 0 Å². The SMILES string of the molecule is CSC(COC=O)c1ccc(C)cc1C. The van der Waals surface area contributed by atoms with E-state index in [4.69, 9.17) is 4.74 Å². The van der Waals surface area contributed by atoms with Crippen molar-refractivity contribution in [2.45, 2.75) is 19.1 Å². The summed E-state index contributed by atoms with van der Waals surface area (Å²) in [6.45, 7) is 5.11. The molecule has 1 aromatic rings. The van der Waals surface area contributed by atoms with Gasteiger partial charge in [0.25, 0.3) is 6.47 Å². The van der Waals surface area contributed by atoms with Gasteiger partial charge in [0.1, 0.15) is 6.61 Å². The van der Waals surface area contributed by atoms with Gasteiger partial charge < -0.3 is 4.74 Å². The Morgan fingerprint density at radius 3 is 2.73 bits per heavy atom. The van der Waals surface area contributed by atoms with Crippen molar-refractivity contribution in [3.05, 3.63) is 34.9 Å². The zero-order valence-electron chi connectivity index (χ0n) is 9.32. The summed E-state index contributed by atoms with van der Waals surface area (Å²) in [5.74, 6) is 0. The van der Waals surface area contributed by atoms with E-state index in [-0.39, 0.29) is 5.25 Å². The second kappa shape index (κ2) is 5.81. The Hall–Kier alpha value is -0.960. The first-order valence-electron chi connectivity index (χ1n) is 4.84. The molecule has 0 aliphatic carbocycles. The molecule has 1 atom stereocenters. The molecular formula is C12H16O2S. The standard InChI is InChI=1S/C12H16O2S/c1-9-4-5-11(10(2)6-9)12(15-3)7-14-8-13/h4-6,8,12H,7H2,1-3H3. The minimum atomic E-state index is 0.232. The van der Waals surface area contributed by atoms with Crippen molar-refractivity contribution >= 4 is 18.2 Å². The van der Waals surface area contributed by atoms with Gasteiger partial charge in [-0.05, 0) is 31.2 Å². The number of benzene rings is 1. The fourth-order valence-electron chi connectivity index (χ4n) is 1.60. The number of hydrogen-bond acceptors (Lipinski definition) is 3. The van der Waals surface area contributed by atoms with Crippen LogP contribution in [0.15, 0.2) is 18.2 Å². The van der Waals surface area contributed by atoms with Gasteiger partial charge in [0.05, 0.1) is 5.25 Å². The lowest BCUT2D eigenvalue weighted by molar-refractivity contribution is -0.128. The van der Waals surface area contributed by atoms with Crippen LogP contribution in [0.4, 0.5) is 0 Å². The largest absolute Gasteiger partial charge is 0.466 e. The Bertz CT molecular complexity index is 336. The Morgan fingerprint density at radius 2 is 2.20 bits per heavy atom. The first-order chi connectivity index (χ1) is 7.19. The van der Waals surface area contributed by atoms with Crippen LogP contribution < -0.4 is 0 Å². The third kappa shape index (κ3) is 3.27. The van der Waals surface area contributed by atoms with Crippen molar-refractivity contribution in [2.75, 3.05) is 12.9 Å². The summed E-state index contributed by atoms with van der Waals surface area (Å²) in [7, 11) is 0. The summed E-state index contributed by atoms with van der Waals surface area (Å²) in [6.07, 6.45) is 2.03. The molecule has 15 heavy (non-hydrogen) atoms. The highest BCUT2D eigenvalue weighted by Gasteiger charge is 2.12. The van der Waals surface area contributed by atoms with Crippen LogP contribution in [0, 0.1) is 13.8 Å². The molecule has 0 aliphatic rings. The topological polar surface area (TPSA) is 26.3 Å². The average Bonchev–Trinajstić information content (AvgIpc) is 2.21. The summed E-state index contributed by atoms with van der Waals surface area (Å²) < 4.78 is 4.82. The van der Waals surface area contributed by atoms with E-state index < -0.39 is 0 Å². The highest BCUT2D eigenvalue weighted by Crippen LogP contribution is 2.29. The van der Waals surface area contributed by atoms with Gasteiger partial charge in [0, 0.05) is 0 Å². The normalized spacial score (nSPS) is 12.2. The molecule has 3 heteroatoms. The molecule has 1 unspecified atom stereocenters. The molecule has 1 rings (SSSR count). The zero-order chi connectivity index (χ0) is 11.3. The van der Waals surface area contributed by atoms with E-state index in [9.17, 15) is 4.79 Å². The molecule has 0 bridgehead atoms. The molecule has 0 fully saturated rings. The fraction of sp³-hybridized carbons (Fsp3) is 0.417. The molecule has 2 nitrogen and oxygen atoms in total. The maximum atomic E-state index is 10.2. The van der Waals surface area contributed by atoms with E-state index in [2.05, 4.69) is 32.0 Å². The number of carbonyl (C=O) groups excluding carboxylic acids is 1. The number of ether oxygens (including phenoxy) is 1. The summed E-state index contributed by atoms with van der Waals surface area (Å²) in [5, 5.41) is 0.232. The van der Waals surface area contributed by atoms with Gasteiger partial charge in [-0.1, -0.05) is 23.8 Å². The van der Waals surface area contributed by atoms with E-state index in [1.54, 1.807) is 11.8 Å². The molecule has 0 heterocycles. The van der Waals surface area contributed by atoms with Crippen LogP contribution in [-0.4, -0.2) is 19.3 Å². The van der Waals surface area contributed by atoms with Crippen molar-refractivity contribution in [2.24, 2.45) is 0 Å². The quantitative estimate of drug-likeness (QED) is 0.719. The molecule has 0 aromatic heterocycles. The van der Waals surface area contributed by atoms with Crippen molar-refractivity contribution in [1.82, 2.24) is 0 Å². The third-order valence-corrected chi connectivity index (χ3v) is 3.33. The lowest BCUT2D eigenvalue weighted by atomic mass is 10.0. The van der Waals surface area contributed by atoms with Crippen LogP contribution in [0.25, 0.3) is 0 Å². The van der Waals surface area contributed by atoms with Gasteiger partial charge in [-0.15, -0.1) is 0 Å². The van der Waals surface area contributed by atoms with Crippen LogP contribution in [0.1, 0.15) is 21.9 Å². The highest BCUT2D eigenvalue weighted by molar-refractivity contribution is 7.98. The summed E-state index contributed by atoms with van der Waals surface area (Å²) in [5.41, 5.74) is 3.76. The molecule has 0 N–H and O–H groups in total. The van der Waals surface area contributed by atoms with E-state index in [1.807, 2.05) is 6.26 Å². The van der Waals surface area contributed by atoms with Crippen LogP contribution in [0.3, 0.4) is 0 Å². The molecule has 82 valence electrons. The highest BCUT2D eigenvalue weighted by atomic mass is 32.2. The minimum absolute atomic E-state index is 0.232. The number of aryl methyl sites for hydroxylation is 2. The monoisotopic (exact) mass is 224 g/mol. The third-order valence-electron chi connectivity index (χ3n) is 2.37. The fourth-order valence-corrected chi connectivity index (χ4v) is 2.33. The van der Waals surface area contributed by atoms with Gasteiger partial charge in [-0.3, -0.25) is 4.79 Å². The summed E-state index contributed by atoms with van der Waals surface area (Å²) in [4.78, 5) is 10.2. The predicted molar refractivity (Wildman–Crippen MR) is 64.2 cm³/mol. The van der Waals surface area contributed by atoms with E-state index in [0.29, 0.717) is 13.1 Å². The second-order valence-corrected chi connectivity index (χ2v) is 4.55. The molecule has 0 saturated heterocycles. The average molecular weight is 224 g/mol. The van der Waals surface area contributed by atoms with Crippen molar-refractivity contribution < 1.29 is 9.53 Å². The zero-order valence-corrected chi connectivity index (χ0v) is 10.1. The Morgan fingerprint density at radius 1 is 1.47 bits per heavy atom. The van der Waals surface area contributed by atoms with Crippen LogP contribution in [0.2, 0.25) is 0 Å². The van der Waals surface area contributed by atoms with E-state index in [1.165, 1.54) is 16.7 Å². The second-order valence-electron chi connectivity index (χ2n) is 3.51. The maximum Gasteiger partial charge on any atom is 0.293 e. The Labute approximate surface area is 95.0 Å². The molecule has 0 radical (unpaired) electrons. The Balaban J connectivity index is 2.86. The molecule has 0 aliphatic heterocycles. The van der Waals surface area contributed by atoms with Gasteiger partial charge in [0.2, 0.25) is 0 Å². The van der Waals surface area contributed by atoms with Crippen LogP contribution in [-0.2, 0) is 9.53 Å². The maximum absolute atomic E-state index is 10.2. The lowest BCUT2D eigenvalue weighted by Crippen LogP contribution is -2.05. The van der Waals surface area contributed by atoms with Crippen molar-refractivity contribution in [3.63, 3.8) is 0 Å². The summed E-state index contributed by atoms with van der Waals surface area (Å²) >= 11 is 1.70. The number of rotatable bonds is 5. The molecular weight excluding hydrogens is 208 g/mol. The Kier molecular flexibility index (Phi) is 4.69. The van der Waals surface area contributed by atoms with Gasteiger partial charge in [0.15, 0.2) is 0 Å². The van der Waals surface area contributed by atoms with Crippen LogP contribution >= 0.6 is 11.8 Å². The van der Waals surface area contributed by atoms with Gasteiger partial charge in [-0.2, -0.15) is 11.8 Å². The molecule has 1 aromatic carbocycles. The number of hydrogen-bond donors (Lipinski definition) is 0. The molecule has 0 amide bonds. The van der Waals surface area contributed by atoms with Crippen molar-refractivity contribution in [1.29, 1.82) is 0 Å². The van der Waals surface area contributed by atoms with Gasteiger partial charge >= 0.3 is 0 Å². The van der Waals surface area contributed by atoms with Crippen LogP contribution in [0.5, 0.6) is 0 Å². The number of thioether (sulfide) groups is 1. The first kappa shape index (κ1) is 12.1. The minimum Gasteiger partial charge on any atom is -0.466 e. The summed E-state index contributed by atoms with van der Waals surface area (Å²) in [6, 6.07) is 6.35. The molecule has 0 spiro atoms. The van der Waals surface area contributed by atoms with E-state index in [0.717, 1.165) is 0 Å².